The highest BCUT2D eigenvalue weighted by molar-refractivity contribution is 7.89. The Morgan fingerprint density at radius 3 is 2.86 bits per heavy atom. The van der Waals surface area contributed by atoms with Gasteiger partial charge in [0, 0.05) is 12.1 Å². The molecule has 2 aromatic heterocycles. The Kier molecular flexibility index (Phi) is 4.81. The molecule has 1 atom stereocenters. The summed E-state index contributed by atoms with van der Waals surface area (Å²) in [6.07, 6.45) is 1.85. The second-order valence-corrected chi connectivity index (χ2v) is 7.17. The van der Waals surface area contributed by atoms with Gasteiger partial charge in [-0.1, -0.05) is 0 Å². The van der Waals surface area contributed by atoms with E-state index < -0.39 is 10.0 Å². The topological polar surface area (TPSA) is 88.4 Å². The molecule has 2 heterocycles. The van der Waals surface area contributed by atoms with Crippen molar-refractivity contribution < 1.29 is 17.6 Å². The molecule has 0 aliphatic heterocycles. The maximum Gasteiger partial charge on any atom is 0.273 e. The van der Waals surface area contributed by atoms with Crippen LogP contribution in [0, 0.1) is 0 Å². The second-order valence-electron chi connectivity index (χ2n) is 4.57. The van der Waals surface area contributed by atoms with Crippen molar-refractivity contribution in [1.82, 2.24) is 10.0 Å². The highest BCUT2D eigenvalue weighted by atomic mass is 32.2. The lowest BCUT2D eigenvalue weighted by Crippen LogP contribution is -2.33. The standard InChI is InChI=1S/C13H16N2O4S2/c1-9(5-10-3-4-20-8-10)15-13(16)11-6-12(19-7-11)21(17,18)14-2/h3-4,6-9,14H,5H2,1-2H3,(H,15,16)/t9-/m1/s1. The number of thiophene rings is 1. The Hall–Kier alpha value is -1.64. The Bertz CT molecular complexity index is 704. The van der Waals surface area contributed by atoms with Crippen LogP contribution in [0.3, 0.4) is 0 Å². The summed E-state index contributed by atoms with van der Waals surface area (Å²) in [6, 6.07) is 3.15. The number of rotatable bonds is 6. The first kappa shape index (κ1) is 15.7. The van der Waals surface area contributed by atoms with Crippen molar-refractivity contribution >= 4 is 27.3 Å². The zero-order chi connectivity index (χ0) is 15.5. The van der Waals surface area contributed by atoms with Crippen LogP contribution in [0.2, 0.25) is 0 Å². The lowest BCUT2D eigenvalue weighted by molar-refractivity contribution is 0.0939. The molecule has 0 saturated heterocycles. The fourth-order valence-corrected chi connectivity index (χ4v) is 3.14. The Balaban J connectivity index is 2.00. The Morgan fingerprint density at radius 1 is 1.48 bits per heavy atom. The van der Waals surface area contributed by atoms with E-state index >= 15 is 0 Å². The minimum absolute atomic E-state index is 0.0636. The lowest BCUT2D eigenvalue weighted by Gasteiger charge is -2.12. The van der Waals surface area contributed by atoms with Gasteiger partial charge in [0.2, 0.25) is 5.09 Å². The van der Waals surface area contributed by atoms with Gasteiger partial charge in [0.05, 0.1) is 5.56 Å². The van der Waals surface area contributed by atoms with E-state index in [9.17, 15) is 13.2 Å². The Labute approximate surface area is 127 Å². The quantitative estimate of drug-likeness (QED) is 0.843. The van der Waals surface area contributed by atoms with E-state index in [1.807, 2.05) is 23.8 Å². The predicted molar refractivity (Wildman–Crippen MR) is 79.9 cm³/mol. The third-order valence-corrected chi connectivity index (χ3v) is 4.88. The van der Waals surface area contributed by atoms with E-state index in [-0.39, 0.29) is 22.6 Å². The number of hydrogen-bond donors (Lipinski definition) is 2. The summed E-state index contributed by atoms with van der Waals surface area (Å²) >= 11 is 1.60. The first-order valence-electron chi connectivity index (χ1n) is 6.26. The molecule has 0 aliphatic rings. The minimum atomic E-state index is -3.68. The van der Waals surface area contributed by atoms with Gasteiger partial charge in [-0.2, -0.15) is 11.3 Å². The minimum Gasteiger partial charge on any atom is -0.451 e. The van der Waals surface area contributed by atoms with Crippen molar-refractivity contribution in [3.63, 3.8) is 0 Å². The molecular formula is C13H16N2O4S2. The summed E-state index contributed by atoms with van der Waals surface area (Å²) in [7, 11) is -2.40. The normalized spacial score (nSPS) is 13.0. The number of carbonyl (C=O) groups excluding carboxylic acids is 1. The number of hydrogen-bond acceptors (Lipinski definition) is 5. The van der Waals surface area contributed by atoms with Crippen molar-refractivity contribution in [1.29, 1.82) is 0 Å². The first-order valence-corrected chi connectivity index (χ1v) is 8.69. The van der Waals surface area contributed by atoms with E-state index in [2.05, 4.69) is 10.0 Å². The highest BCUT2D eigenvalue weighted by Gasteiger charge is 2.20. The van der Waals surface area contributed by atoms with Crippen molar-refractivity contribution in [2.24, 2.45) is 0 Å². The predicted octanol–water partition coefficient (Wildman–Crippen LogP) is 1.61. The SMILES string of the molecule is CNS(=O)(=O)c1cc(C(=O)N[C@H](C)Cc2ccsc2)co1. The largest absolute Gasteiger partial charge is 0.451 e. The summed E-state index contributed by atoms with van der Waals surface area (Å²) in [5.74, 6) is -0.362. The zero-order valence-corrected chi connectivity index (χ0v) is 13.3. The number of amides is 1. The number of nitrogens with one attached hydrogen (secondary N) is 2. The molecule has 0 spiro atoms. The van der Waals surface area contributed by atoms with Gasteiger partial charge >= 0.3 is 0 Å². The van der Waals surface area contributed by atoms with Crippen LogP contribution in [0.4, 0.5) is 0 Å². The molecule has 0 unspecified atom stereocenters. The van der Waals surface area contributed by atoms with Crippen LogP contribution in [0.25, 0.3) is 0 Å². The average Bonchev–Trinajstić information content (AvgIpc) is 3.09. The van der Waals surface area contributed by atoms with Gasteiger partial charge < -0.3 is 9.73 Å². The first-order chi connectivity index (χ1) is 9.92. The molecular weight excluding hydrogens is 312 g/mol. The van der Waals surface area contributed by atoms with Gasteiger partial charge in [0.25, 0.3) is 15.9 Å². The van der Waals surface area contributed by atoms with Crippen LogP contribution in [-0.2, 0) is 16.4 Å². The molecule has 0 radical (unpaired) electrons. The third kappa shape index (κ3) is 3.93. The molecule has 8 heteroatoms. The summed E-state index contributed by atoms with van der Waals surface area (Å²) in [6.45, 7) is 1.89. The van der Waals surface area contributed by atoms with Gasteiger partial charge in [0.15, 0.2) is 0 Å². The van der Waals surface area contributed by atoms with Gasteiger partial charge in [0.1, 0.15) is 6.26 Å². The molecule has 2 rings (SSSR count). The van der Waals surface area contributed by atoms with Crippen LogP contribution >= 0.6 is 11.3 Å². The van der Waals surface area contributed by atoms with Crippen LogP contribution in [0.15, 0.2) is 38.7 Å². The number of sulfonamides is 1. The van der Waals surface area contributed by atoms with Crippen LogP contribution < -0.4 is 10.0 Å². The molecule has 2 aromatic rings. The molecule has 0 fully saturated rings. The second kappa shape index (κ2) is 6.42. The molecule has 21 heavy (non-hydrogen) atoms. The van der Waals surface area contributed by atoms with Crippen molar-refractivity contribution in [3.8, 4) is 0 Å². The van der Waals surface area contributed by atoms with Gasteiger partial charge in [-0.15, -0.1) is 0 Å². The van der Waals surface area contributed by atoms with Crippen LogP contribution in [0.5, 0.6) is 0 Å². The van der Waals surface area contributed by atoms with E-state index in [0.717, 1.165) is 18.2 Å². The molecule has 0 bridgehead atoms. The maximum absolute atomic E-state index is 12.0. The summed E-state index contributed by atoms with van der Waals surface area (Å²) in [5.41, 5.74) is 1.33. The summed E-state index contributed by atoms with van der Waals surface area (Å²) in [4.78, 5) is 12.0. The molecule has 114 valence electrons. The van der Waals surface area contributed by atoms with E-state index in [0.29, 0.717) is 0 Å². The molecule has 2 N–H and O–H groups in total. The van der Waals surface area contributed by atoms with Crippen molar-refractivity contribution in [2.45, 2.75) is 24.5 Å². The smallest absolute Gasteiger partial charge is 0.273 e. The van der Waals surface area contributed by atoms with E-state index in [1.165, 1.54) is 13.1 Å². The molecule has 6 nitrogen and oxygen atoms in total. The van der Waals surface area contributed by atoms with Crippen LogP contribution in [-0.4, -0.2) is 27.4 Å². The third-order valence-electron chi connectivity index (χ3n) is 2.87. The molecule has 0 saturated carbocycles. The number of furan rings is 1. The van der Waals surface area contributed by atoms with E-state index in [1.54, 1.807) is 11.3 Å². The fraction of sp³-hybridized carbons (Fsp3) is 0.308. The van der Waals surface area contributed by atoms with Gasteiger partial charge in [-0.3, -0.25) is 4.79 Å². The summed E-state index contributed by atoms with van der Waals surface area (Å²) in [5, 5.41) is 6.54. The molecule has 0 aromatic carbocycles. The summed E-state index contributed by atoms with van der Waals surface area (Å²) < 4.78 is 30.1. The monoisotopic (exact) mass is 328 g/mol. The van der Waals surface area contributed by atoms with Crippen LogP contribution in [0.1, 0.15) is 22.8 Å². The van der Waals surface area contributed by atoms with Gasteiger partial charge in [-0.25, -0.2) is 13.1 Å². The highest BCUT2D eigenvalue weighted by Crippen LogP contribution is 2.14. The van der Waals surface area contributed by atoms with Gasteiger partial charge in [-0.05, 0) is 42.8 Å². The molecule has 0 aliphatic carbocycles. The lowest BCUT2D eigenvalue weighted by atomic mass is 10.1. The maximum atomic E-state index is 12.0. The Morgan fingerprint density at radius 2 is 2.24 bits per heavy atom. The zero-order valence-electron chi connectivity index (χ0n) is 11.6. The average molecular weight is 328 g/mol. The van der Waals surface area contributed by atoms with Crippen molar-refractivity contribution in [3.05, 3.63) is 40.3 Å². The van der Waals surface area contributed by atoms with E-state index in [4.69, 9.17) is 4.42 Å². The van der Waals surface area contributed by atoms with Crippen molar-refractivity contribution in [2.75, 3.05) is 7.05 Å². The number of carbonyl (C=O) groups is 1. The fourth-order valence-electron chi connectivity index (χ4n) is 1.80. The molecule has 1 amide bonds.